The number of rotatable bonds is 2. The number of halogens is 2. The Kier molecular flexibility index (Phi) is 2.71. The van der Waals surface area contributed by atoms with Crippen molar-refractivity contribution < 1.29 is 9.13 Å². The molecule has 3 rings (SSSR count). The van der Waals surface area contributed by atoms with Gasteiger partial charge in [0.2, 0.25) is 5.88 Å². The van der Waals surface area contributed by atoms with Gasteiger partial charge < -0.3 is 4.74 Å². The van der Waals surface area contributed by atoms with Gasteiger partial charge in [-0.1, -0.05) is 0 Å². The normalized spacial score (nSPS) is 10.8. The summed E-state index contributed by atoms with van der Waals surface area (Å²) in [6.45, 7) is 0. The van der Waals surface area contributed by atoms with Crippen molar-refractivity contribution in [2.45, 2.75) is 0 Å². The zero-order valence-corrected chi connectivity index (χ0v) is 10.6. The van der Waals surface area contributed by atoms with E-state index in [-0.39, 0.29) is 5.82 Å². The van der Waals surface area contributed by atoms with Gasteiger partial charge in [0, 0.05) is 18.3 Å². The van der Waals surface area contributed by atoms with Crippen LogP contribution in [0, 0.1) is 5.82 Å². The van der Waals surface area contributed by atoms with Crippen molar-refractivity contribution in [1.29, 1.82) is 0 Å². The smallest absolute Gasteiger partial charge is 0.222 e. The number of aromatic nitrogens is 3. The monoisotopic (exact) mass is 307 g/mol. The topological polar surface area (TPSA) is 39.4 Å². The number of nitrogens with zero attached hydrogens (tertiary/aromatic N) is 3. The Morgan fingerprint density at radius 1 is 1.22 bits per heavy atom. The van der Waals surface area contributed by atoms with Gasteiger partial charge in [0.1, 0.15) is 11.6 Å². The van der Waals surface area contributed by atoms with Crippen molar-refractivity contribution in [3.63, 3.8) is 0 Å². The molecule has 0 atom stereocenters. The van der Waals surface area contributed by atoms with Crippen molar-refractivity contribution in [1.82, 2.24) is 14.6 Å². The van der Waals surface area contributed by atoms with Gasteiger partial charge in [0.15, 0.2) is 5.65 Å². The molecule has 0 saturated carbocycles. The Morgan fingerprint density at radius 3 is 2.94 bits per heavy atom. The van der Waals surface area contributed by atoms with Gasteiger partial charge in [0.25, 0.3) is 0 Å². The number of benzene rings is 1. The first-order valence-corrected chi connectivity index (χ1v) is 5.95. The maximum atomic E-state index is 12.9. The minimum atomic E-state index is -0.326. The van der Waals surface area contributed by atoms with Gasteiger partial charge in [-0.2, -0.15) is 10.1 Å². The van der Waals surface area contributed by atoms with Crippen LogP contribution in [0.5, 0.6) is 11.6 Å². The summed E-state index contributed by atoms with van der Waals surface area (Å²) >= 11 is 3.24. The summed E-state index contributed by atoms with van der Waals surface area (Å²) in [6.07, 6.45) is 3.40. The van der Waals surface area contributed by atoms with E-state index >= 15 is 0 Å². The first-order chi connectivity index (χ1) is 8.72. The minimum Gasteiger partial charge on any atom is -0.438 e. The van der Waals surface area contributed by atoms with Crippen LogP contribution in [0.25, 0.3) is 5.65 Å². The Labute approximate surface area is 110 Å². The van der Waals surface area contributed by atoms with E-state index in [4.69, 9.17) is 4.74 Å². The molecule has 0 unspecified atom stereocenters. The van der Waals surface area contributed by atoms with Gasteiger partial charge in [0.05, 0.1) is 10.7 Å². The predicted molar refractivity (Wildman–Crippen MR) is 67.2 cm³/mol. The third kappa shape index (κ3) is 2.06. The van der Waals surface area contributed by atoms with E-state index in [1.165, 1.54) is 12.1 Å². The lowest BCUT2D eigenvalue weighted by molar-refractivity contribution is 0.458. The maximum Gasteiger partial charge on any atom is 0.222 e. The van der Waals surface area contributed by atoms with Crippen LogP contribution < -0.4 is 4.74 Å². The van der Waals surface area contributed by atoms with E-state index in [9.17, 15) is 4.39 Å². The van der Waals surface area contributed by atoms with E-state index < -0.39 is 0 Å². The number of hydrogen-bond donors (Lipinski definition) is 0. The fourth-order valence-electron chi connectivity index (χ4n) is 1.52. The lowest BCUT2D eigenvalue weighted by Crippen LogP contribution is -1.93. The molecule has 0 N–H and O–H groups in total. The summed E-state index contributed by atoms with van der Waals surface area (Å²) in [5.41, 5.74) is 0.686. The molecule has 0 spiro atoms. The summed E-state index contributed by atoms with van der Waals surface area (Å²) in [5.74, 6) is 0.608. The molecule has 0 amide bonds. The van der Waals surface area contributed by atoms with Crippen LogP contribution in [-0.4, -0.2) is 14.6 Å². The highest BCUT2D eigenvalue weighted by molar-refractivity contribution is 9.10. The van der Waals surface area contributed by atoms with Crippen LogP contribution in [0.2, 0.25) is 0 Å². The third-order valence-electron chi connectivity index (χ3n) is 2.34. The number of ether oxygens (including phenoxy) is 1. The first kappa shape index (κ1) is 11.2. The van der Waals surface area contributed by atoms with E-state index in [1.54, 1.807) is 35.1 Å². The molecular weight excluding hydrogens is 301 g/mol. The number of fused-ring (bicyclic) bond motifs is 1. The second-order valence-electron chi connectivity index (χ2n) is 3.58. The third-order valence-corrected chi connectivity index (χ3v) is 2.96. The van der Waals surface area contributed by atoms with E-state index in [0.717, 1.165) is 0 Å². The number of hydrogen-bond acceptors (Lipinski definition) is 3. The fraction of sp³-hybridized carbons (Fsp3) is 0. The Balaban J connectivity index is 1.95. The molecule has 18 heavy (non-hydrogen) atoms. The molecule has 0 aliphatic heterocycles. The van der Waals surface area contributed by atoms with Crippen molar-refractivity contribution in [3.05, 3.63) is 53.0 Å². The fourth-order valence-corrected chi connectivity index (χ4v) is 1.95. The molecule has 0 saturated heterocycles. The van der Waals surface area contributed by atoms with Crippen LogP contribution in [0.15, 0.2) is 47.2 Å². The van der Waals surface area contributed by atoms with Crippen molar-refractivity contribution in [3.8, 4) is 11.6 Å². The lowest BCUT2D eigenvalue weighted by Gasteiger charge is -2.06. The second kappa shape index (κ2) is 4.38. The molecule has 0 aliphatic carbocycles. The molecule has 2 heterocycles. The zero-order chi connectivity index (χ0) is 12.5. The quantitative estimate of drug-likeness (QED) is 0.728. The van der Waals surface area contributed by atoms with Crippen LogP contribution in [-0.2, 0) is 0 Å². The highest BCUT2D eigenvalue weighted by Crippen LogP contribution is 2.29. The molecular formula is C12H7BrFN3O. The molecule has 0 radical (unpaired) electrons. The van der Waals surface area contributed by atoms with Crippen molar-refractivity contribution in [2.24, 2.45) is 0 Å². The highest BCUT2D eigenvalue weighted by Gasteiger charge is 2.06. The lowest BCUT2D eigenvalue weighted by atomic mass is 10.3. The van der Waals surface area contributed by atoms with Crippen molar-refractivity contribution in [2.75, 3.05) is 0 Å². The van der Waals surface area contributed by atoms with Crippen LogP contribution in [0.4, 0.5) is 4.39 Å². The maximum absolute atomic E-state index is 12.9. The Hall–Kier alpha value is -1.95. The van der Waals surface area contributed by atoms with Crippen LogP contribution >= 0.6 is 15.9 Å². The van der Waals surface area contributed by atoms with Gasteiger partial charge in [-0.3, -0.25) is 0 Å². The largest absolute Gasteiger partial charge is 0.438 e. The zero-order valence-electron chi connectivity index (χ0n) is 9.05. The summed E-state index contributed by atoms with van der Waals surface area (Å²) < 4.78 is 20.7. The van der Waals surface area contributed by atoms with Crippen LogP contribution in [0.1, 0.15) is 0 Å². The molecule has 0 fully saturated rings. The van der Waals surface area contributed by atoms with Gasteiger partial charge in [-0.15, -0.1) is 0 Å². The Morgan fingerprint density at radius 2 is 2.11 bits per heavy atom. The van der Waals surface area contributed by atoms with Crippen molar-refractivity contribution >= 4 is 21.6 Å². The van der Waals surface area contributed by atoms with E-state index in [2.05, 4.69) is 26.0 Å². The second-order valence-corrected chi connectivity index (χ2v) is 4.43. The SMILES string of the molecule is Fc1ccc(Oc2ccn3nccc3n2)c(Br)c1. The summed E-state index contributed by atoms with van der Waals surface area (Å²) in [6, 6.07) is 7.67. The first-order valence-electron chi connectivity index (χ1n) is 5.16. The predicted octanol–water partition coefficient (Wildman–Crippen LogP) is 3.42. The van der Waals surface area contributed by atoms with Gasteiger partial charge >= 0.3 is 0 Å². The van der Waals surface area contributed by atoms with Crippen LogP contribution in [0.3, 0.4) is 0 Å². The Bertz CT molecular complexity index is 713. The minimum absolute atomic E-state index is 0.326. The molecule has 90 valence electrons. The van der Waals surface area contributed by atoms with Gasteiger partial charge in [-0.05, 0) is 34.1 Å². The molecule has 1 aromatic carbocycles. The molecule has 3 aromatic rings. The molecule has 6 heteroatoms. The summed E-state index contributed by atoms with van der Waals surface area (Å²) in [7, 11) is 0. The van der Waals surface area contributed by atoms with Gasteiger partial charge in [-0.25, -0.2) is 8.91 Å². The average Bonchev–Trinajstić information content (AvgIpc) is 2.80. The summed E-state index contributed by atoms with van der Waals surface area (Å²) in [5, 5.41) is 4.04. The molecule has 4 nitrogen and oxygen atoms in total. The molecule has 2 aromatic heterocycles. The standard InChI is InChI=1S/C12H7BrFN3O/c13-9-7-8(14)1-2-10(9)18-12-4-6-17-11(16-12)3-5-15-17/h1-7H. The average molecular weight is 308 g/mol. The van der Waals surface area contributed by atoms with E-state index in [1.807, 2.05) is 0 Å². The molecule has 0 aliphatic rings. The highest BCUT2D eigenvalue weighted by atomic mass is 79.9. The van der Waals surface area contributed by atoms with E-state index in [0.29, 0.717) is 21.7 Å². The molecule has 0 bridgehead atoms. The summed E-state index contributed by atoms with van der Waals surface area (Å²) in [4.78, 5) is 4.26.